The van der Waals surface area contributed by atoms with Gasteiger partial charge in [-0.05, 0) is 5.56 Å². The van der Waals surface area contributed by atoms with E-state index in [-0.39, 0.29) is 23.9 Å². The standard InChI is InChI=1S/C21H23N2O2/c1-23(15-17-10-6-3-7-11-17)18-12-13-19(23)21(25)22(20(18)24)14-16-8-4-2-5-9-16/h2-11,18-19H,12-15H2,1H3/q+1/t18-,19+,23?. The van der Waals surface area contributed by atoms with Crippen molar-refractivity contribution in [3.05, 3.63) is 71.8 Å². The van der Waals surface area contributed by atoms with Crippen molar-refractivity contribution in [1.29, 1.82) is 0 Å². The van der Waals surface area contributed by atoms with Crippen LogP contribution < -0.4 is 0 Å². The second-order valence-electron chi connectivity index (χ2n) is 7.35. The van der Waals surface area contributed by atoms with Crippen LogP contribution in [0.15, 0.2) is 60.7 Å². The molecule has 0 aliphatic carbocycles. The van der Waals surface area contributed by atoms with Gasteiger partial charge in [-0.2, -0.15) is 0 Å². The van der Waals surface area contributed by atoms with E-state index in [1.54, 1.807) is 0 Å². The van der Waals surface area contributed by atoms with Crippen LogP contribution in [0.1, 0.15) is 24.0 Å². The van der Waals surface area contributed by atoms with Gasteiger partial charge in [0.05, 0.1) is 13.6 Å². The van der Waals surface area contributed by atoms with E-state index in [1.807, 2.05) is 48.5 Å². The van der Waals surface area contributed by atoms with E-state index in [4.69, 9.17) is 0 Å². The Morgan fingerprint density at radius 2 is 1.32 bits per heavy atom. The molecule has 1 unspecified atom stereocenters. The maximum Gasteiger partial charge on any atom is 0.288 e. The van der Waals surface area contributed by atoms with Crippen molar-refractivity contribution in [3.63, 3.8) is 0 Å². The van der Waals surface area contributed by atoms with Crippen LogP contribution in [0.3, 0.4) is 0 Å². The first-order valence-electron chi connectivity index (χ1n) is 8.87. The van der Waals surface area contributed by atoms with Gasteiger partial charge in [-0.1, -0.05) is 60.7 Å². The van der Waals surface area contributed by atoms with Gasteiger partial charge in [0, 0.05) is 18.4 Å². The average Bonchev–Trinajstić information content (AvgIpc) is 2.90. The lowest BCUT2D eigenvalue weighted by molar-refractivity contribution is -0.942. The van der Waals surface area contributed by atoms with Crippen LogP contribution in [0.5, 0.6) is 0 Å². The SMILES string of the molecule is C[N+]1(Cc2ccccc2)[C@@H]2CC[C@H]1C(=O)N(Cc1ccccc1)C2=O. The molecule has 2 aliphatic rings. The van der Waals surface area contributed by atoms with E-state index in [9.17, 15) is 9.59 Å². The lowest BCUT2D eigenvalue weighted by atomic mass is 10.0. The second-order valence-corrected chi connectivity index (χ2v) is 7.35. The summed E-state index contributed by atoms with van der Waals surface area (Å²) in [5.41, 5.74) is 2.18. The van der Waals surface area contributed by atoms with Crippen molar-refractivity contribution in [2.45, 2.75) is 38.0 Å². The fourth-order valence-corrected chi connectivity index (χ4v) is 4.46. The highest BCUT2D eigenvalue weighted by Gasteiger charge is 2.60. The first-order valence-corrected chi connectivity index (χ1v) is 8.87. The zero-order valence-corrected chi connectivity index (χ0v) is 14.5. The Labute approximate surface area is 148 Å². The van der Waals surface area contributed by atoms with Gasteiger partial charge < -0.3 is 4.48 Å². The van der Waals surface area contributed by atoms with Crippen molar-refractivity contribution in [3.8, 4) is 0 Å². The molecule has 4 nitrogen and oxygen atoms in total. The van der Waals surface area contributed by atoms with Crippen LogP contribution in [0.25, 0.3) is 0 Å². The normalized spacial score (nSPS) is 28.4. The quantitative estimate of drug-likeness (QED) is 0.636. The summed E-state index contributed by atoms with van der Waals surface area (Å²) in [4.78, 5) is 27.7. The summed E-state index contributed by atoms with van der Waals surface area (Å²) < 4.78 is 0.521. The van der Waals surface area contributed by atoms with Gasteiger partial charge in [-0.15, -0.1) is 0 Å². The summed E-state index contributed by atoms with van der Waals surface area (Å²) in [6.45, 7) is 1.11. The van der Waals surface area contributed by atoms with Gasteiger partial charge in [0.1, 0.15) is 6.54 Å². The highest BCUT2D eigenvalue weighted by Crippen LogP contribution is 2.39. The number of likely N-dealkylation sites (N-methyl/N-ethyl adjacent to an activating group) is 1. The second kappa shape index (κ2) is 6.12. The number of benzene rings is 2. The van der Waals surface area contributed by atoms with Crippen molar-refractivity contribution in [2.24, 2.45) is 0 Å². The van der Waals surface area contributed by atoms with Crippen LogP contribution in [0.2, 0.25) is 0 Å². The Hall–Kier alpha value is -2.46. The number of likely N-dealkylation sites (tertiary alicyclic amines) is 1. The molecule has 4 heteroatoms. The number of fused-ring (bicyclic) bond motifs is 2. The number of nitrogens with zero attached hydrogens (tertiary/aromatic N) is 2. The molecule has 2 amide bonds. The molecule has 4 rings (SSSR count). The molecule has 2 aliphatic heterocycles. The summed E-state index contributed by atoms with van der Waals surface area (Å²) in [5.74, 6) is -0.0259. The number of hydrogen-bond donors (Lipinski definition) is 0. The van der Waals surface area contributed by atoms with Crippen molar-refractivity contribution in [2.75, 3.05) is 7.05 Å². The monoisotopic (exact) mass is 335 g/mol. The number of hydrogen-bond acceptors (Lipinski definition) is 2. The Balaban J connectivity index is 1.61. The number of rotatable bonds is 4. The summed E-state index contributed by atoms with van der Waals surface area (Å²) in [6, 6.07) is 19.7. The van der Waals surface area contributed by atoms with E-state index in [1.165, 1.54) is 10.5 Å². The number of amides is 2. The molecule has 0 N–H and O–H groups in total. The minimum Gasteiger partial charge on any atom is -0.302 e. The molecular formula is C21H23N2O2+. The molecule has 25 heavy (non-hydrogen) atoms. The zero-order chi connectivity index (χ0) is 17.4. The van der Waals surface area contributed by atoms with E-state index in [0.717, 1.165) is 24.9 Å². The van der Waals surface area contributed by atoms with Gasteiger partial charge in [0.15, 0.2) is 12.1 Å². The Kier molecular flexibility index (Phi) is 3.92. The first kappa shape index (κ1) is 16.0. The van der Waals surface area contributed by atoms with Crippen LogP contribution in [-0.2, 0) is 22.7 Å². The minimum absolute atomic E-state index is 0.0129. The number of piperazine rings is 1. The number of quaternary nitrogens is 1. The lowest BCUT2D eigenvalue weighted by Crippen LogP contribution is -2.68. The first-order chi connectivity index (χ1) is 12.1. The highest BCUT2D eigenvalue weighted by atomic mass is 16.2. The fourth-order valence-electron chi connectivity index (χ4n) is 4.46. The number of imide groups is 1. The Morgan fingerprint density at radius 1 is 0.840 bits per heavy atom. The van der Waals surface area contributed by atoms with Crippen LogP contribution in [0.4, 0.5) is 0 Å². The molecule has 0 saturated carbocycles. The van der Waals surface area contributed by atoms with Crippen LogP contribution in [0, 0.1) is 0 Å². The van der Waals surface area contributed by atoms with E-state index < -0.39 is 0 Å². The molecule has 0 radical (unpaired) electrons. The average molecular weight is 335 g/mol. The predicted octanol–water partition coefficient (Wildman–Crippen LogP) is 2.73. The Morgan fingerprint density at radius 3 is 1.84 bits per heavy atom. The highest BCUT2D eigenvalue weighted by molar-refractivity contribution is 6.02. The summed E-state index contributed by atoms with van der Waals surface area (Å²) >= 11 is 0. The fraction of sp³-hybridized carbons (Fsp3) is 0.333. The third kappa shape index (κ3) is 2.67. The van der Waals surface area contributed by atoms with E-state index >= 15 is 0 Å². The molecule has 0 aromatic heterocycles. The molecule has 2 aromatic carbocycles. The lowest BCUT2D eigenvalue weighted by Gasteiger charge is -2.46. The summed E-state index contributed by atoms with van der Waals surface area (Å²) in [7, 11) is 2.07. The predicted molar refractivity (Wildman–Crippen MR) is 95.1 cm³/mol. The Bertz CT molecular complexity index is 764. The number of carbonyl (C=O) groups excluding carboxylic acids is 2. The van der Waals surface area contributed by atoms with Gasteiger partial charge >= 0.3 is 0 Å². The van der Waals surface area contributed by atoms with E-state index in [0.29, 0.717) is 11.0 Å². The van der Waals surface area contributed by atoms with E-state index in [2.05, 4.69) is 19.2 Å². The smallest absolute Gasteiger partial charge is 0.288 e. The number of carbonyl (C=O) groups is 2. The summed E-state index contributed by atoms with van der Waals surface area (Å²) in [6.07, 6.45) is 1.59. The van der Waals surface area contributed by atoms with Crippen LogP contribution >= 0.6 is 0 Å². The van der Waals surface area contributed by atoms with Crippen molar-refractivity contribution < 1.29 is 14.1 Å². The third-order valence-electron chi connectivity index (χ3n) is 5.79. The van der Waals surface area contributed by atoms with Crippen LogP contribution in [-0.4, -0.2) is 40.3 Å². The van der Waals surface area contributed by atoms with Gasteiger partial charge in [-0.25, -0.2) is 0 Å². The maximum absolute atomic E-state index is 13.1. The molecule has 2 heterocycles. The zero-order valence-electron chi connectivity index (χ0n) is 14.5. The molecule has 128 valence electrons. The topological polar surface area (TPSA) is 37.4 Å². The van der Waals surface area contributed by atoms with Gasteiger partial charge in [0.25, 0.3) is 11.8 Å². The maximum atomic E-state index is 13.1. The molecule has 2 saturated heterocycles. The minimum atomic E-state index is -0.119. The summed E-state index contributed by atoms with van der Waals surface area (Å²) in [5, 5.41) is 0. The largest absolute Gasteiger partial charge is 0.302 e. The third-order valence-corrected chi connectivity index (χ3v) is 5.79. The van der Waals surface area contributed by atoms with Crippen molar-refractivity contribution >= 4 is 11.8 Å². The molecular weight excluding hydrogens is 312 g/mol. The molecule has 0 spiro atoms. The molecule has 2 bridgehead atoms. The molecule has 2 fully saturated rings. The molecule has 3 atom stereocenters. The van der Waals surface area contributed by atoms with Gasteiger partial charge in [-0.3, -0.25) is 14.5 Å². The van der Waals surface area contributed by atoms with Gasteiger partial charge in [0.2, 0.25) is 0 Å². The van der Waals surface area contributed by atoms with Crippen molar-refractivity contribution in [1.82, 2.24) is 4.90 Å². The molecule has 2 aromatic rings.